The van der Waals surface area contributed by atoms with Crippen molar-refractivity contribution in [2.45, 2.75) is 25.6 Å². The zero-order valence-electron chi connectivity index (χ0n) is 16.9. The van der Waals surface area contributed by atoms with Gasteiger partial charge in [-0.3, -0.25) is 14.6 Å². The van der Waals surface area contributed by atoms with Crippen molar-refractivity contribution in [2.75, 3.05) is 9.80 Å². The smallest absolute Gasteiger partial charge is 0.332 e. The van der Waals surface area contributed by atoms with Gasteiger partial charge in [0, 0.05) is 32.5 Å². The fourth-order valence-electron chi connectivity index (χ4n) is 3.96. The molecule has 1 heterocycles. The van der Waals surface area contributed by atoms with Gasteiger partial charge in [0.15, 0.2) is 11.5 Å². The number of halogens is 2. The van der Waals surface area contributed by atoms with E-state index in [0.717, 1.165) is 0 Å². The Morgan fingerprint density at radius 2 is 1.48 bits per heavy atom. The highest BCUT2D eigenvalue weighted by Gasteiger charge is 2.56. The summed E-state index contributed by atoms with van der Waals surface area (Å²) in [5.74, 6) is -0.130. The number of hydrogen-bond donors (Lipinski definition) is 1. The van der Waals surface area contributed by atoms with Crippen LogP contribution in [0.2, 0.25) is 10.0 Å². The number of carbonyl (C=O) groups excluding carboxylic acids is 2. The summed E-state index contributed by atoms with van der Waals surface area (Å²) in [6.45, 7) is 3.23. The Bertz CT molecular complexity index is 1150. The second-order valence-electron chi connectivity index (χ2n) is 7.48. The molecule has 2 atom stereocenters. The van der Waals surface area contributed by atoms with Gasteiger partial charge in [0.25, 0.3) is 0 Å². The van der Waals surface area contributed by atoms with Gasteiger partial charge in [0.05, 0.1) is 6.04 Å². The number of amides is 2. The van der Waals surface area contributed by atoms with Gasteiger partial charge in [-0.15, -0.1) is 0 Å². The summed E-state index contributed by atoms with van der Waals surface area (Å²) in [6, 6.07) is 19.1. The van der Waals surface area contributed by atoms with Crippen LogP contribution in [0.15, 0.2) is 72.8 Å². The lowest BCUT2D eigenvalue weighted by atomic mass is 9.92. The van der Waals surface area contributed by atoms with E-state index in [9.17, 15) is 14.7 Å². The van der Waals surface area contributed by atoms with Crippen LogP contribution in [0.3, 0.4) is 0 Å². The number of carbonyl (C=O) groups is 2. The Kier molecular flexibility index (Phi) is 5.52. The predicted octanol–water partition coefficient (Wildman–Crippen LogP) is 5.88. The molecule has 0 spiro atoms. The molecule has 1 saturated heterocycles. The van der Waals surface area contributed by atoms with Crippen LogP contribution < -0.4 is 9.80 Å². The third kappa shape index (κ3) is 3.59. The third-order valence-electron chi connectivity index (χ3n) is 5.59. The van der Waals surface area contributed by atoms with E-state index in [1.807, 2.05) is 0 Å². The summed E-state index contributed by atoms with van der Waals surface area (Å²) in [5.41, 5.74) is 0.225. The van der Waals surface area contributed by atoms with Crippen LogP contribution in [0.1, 0.15) is 29.8 Å². The van der Waals surface area contributed by atoms with Crippen molar-refractivity contribution in [1.29, 1.82) is 0 Å². The van der Waals surface area contributed by atoms with Crippen LogP contribution >= 0.6 is 23.2 Å². The topological polar surface area (TPSA) is 60.9 Å². The number of aliphatic hydroxyl groups is 1. The molecule has 7 heteroatoms. The highest BCUT2D eigenvalue weighted by molar-refractivity contribution is 6.31. The van der Waals surface area contributed by atoms with Gasteiger partial charge in [-0.25, -0.2) is 4.79 Å². The van der Waals surface area contributed by atoms with E-state index in [1.165, 1.54) is 16.7 Å². The SMILES string of the molecule is CC(=O)c1cccc(C2(O)C(C)N(c3ccc(Cl)cc3)C(=O)N2c2ccc(Cl)cc2)c1. The molecule has 0 saturated carbocycles. The van der Waals surface area contributed by atoms with E-state index in [0.29, 0.717) is 32.5 Å². The Balaban J connectivity index is 1.91. The summed E-state index contributed by atoms with van der Waals surface area (Å²) < 4.78 is 0. The van der Waals surface area contributed by atoms with Crippen molar-refractivity contribution in [2.24, 2.45) is 0 Å². The second kappa shape index (κ2) is 8.00. The van der Waals surface area contributed by atoms with E-state index in [-0.39, 0.29) is 5.78 Å². The molecule has 1 aliphatic heterocycles. The maximum atomic E-state index is 13.7. The minimum Gasteiger partial charge on any atom is -0.365 e. The normalized spacial score (nSPS) is 20.9. The summed E-state index contributed by atoms with van der Waals surface area (Å²) in [4.78, 5) is 28.5. The van der Waals surface area contributed by atoms with Crippen LogP contribution in [0.4, 0.5) is 16.2 Å². The average Bonchev–Trinajstić information content (AvgIpc) is 2.96. The number of ketones is 1. The molecule has 2 unspecified atom stereocenters. The van der Waals surface area contributed by atoms with Gasteiger partial charge in [0.1, 0.15) is 0 Å². The van der Waals surface area contributed by atoms with Crippen LogP contribution in [0.25, 0.3) is 0 Å². The molecule has 4 rings (SSSR count). The minimum absolute atomic E-state index is 0.130. The molecule has 5 nitrogen and oxygen atoms in total. The lowest BCUT2D eigenvalue weighted by molar-refractivity contribution is 0.0372. The number of Topliss-reactive ketones (excluding diaryl/α,β-unsaturated/α-hetero) is 1. The zero-order valence-corrected chi connectivity index (χ0v) is 18.4. The van der Waals surface area contributed by atoms with Crippen LogP contribution in [-0.2, 0) is 5.72 Å². The van der Waals surface area contributed by atoms with Crippen molar-refractivity contribution in [3.8, 4) is 0 Å². The first-order valence-corrected chi connectivity index (χ1v) is 10.5. The number of urea groups is 1. The first-order chi connectivity index (χ1) is 14.7. The largest absolute Gasteiger partial charge is 0.365 e. The van der Waals surface area contributed by atoms with Gasteiger partial charge in [-0.05, 0) is 68.4 Å². The molecule has 0 aromatic heterocycles. The lowest BCUT2D eigenvalue weighted by Crippen LogP contribution is -2.48. The van der Waals surface area contributed by atoms with E-state index >= 15 is 0 Å². The average molecular weight is 455 g/mol. The Morgan fingerprint density at radius 3 is 2.03 bits per heavy atom. The fourth-order valence-corrected chi connectivity index (χ4v) is 4.21. The monoisotopic (exact) mass is 454 g/mol. The quantitative estimate of drug-likeness (QED) is 0.500. The molecular weight excluding hydrogens is 435 g/mol. The number of benzene rings is 3. The van der Waals surface area contributed by atoms with Crippen molar-refractivity contribution in [1.82, 2.24) is 0 Å². The van der Waals surface area contributed by atoms with E-state index in [1.54, 1.807) is 79.7 Å². The maximum absolute atomic E-state index is 13.7. The van der Waals surface area contributed by atoms with Crippen molar-refractivity contribution >= 4 is 46.4 Å². The highest BCUT2D eigenvalue weighted by atomic mass is 35.5. The lowest BCUT2D eigenvalue weighted by Gasteiger charge is -2.36. The van der Waals surface area contributed by atoms with Crippen molar-refractivity contribution in [3.05, 3.63) is 94.0 Å². The van der Waals surface area contributed by atoms with E-state index in [2.05, 4.69) is 0 Å². The number of anilines is 2. The predicted molar refractivity (Wildman–Crippen MR) is 123 cm³/mol. The molecule has 1 fully saturated rings. The number of hydrogen-bond acceptors (Lipinski definition) is 3. The molecular formula is C24H20Cl2N2O3. The highest BCUT2D eigenvalue weighted by Crippen LogP contribution is 2.44. The molecule has 1 aliphatic rings. The minimum atomic E-state index is -1.74. The standard InChI is InChI=1S/C24H20Cl2N2O3/c1-15(29)17-4-3-5-18(14-17)24(31)16(2)27(21-10-6-19(25)7-11-21)23(30)28(24)22-12-8-20(26)9-13-22/h3-14,16,31H,1-2H3. The van der Waals surface area contributed by atoms with Crippen LogP contribution in [0.5, 0.6) is 0 Å². The van der Waals surface area contributed by atoms with Crippen LogP contribution in [-0.4, -0.2) is 23.0 Å². The number of nitrogens with zero attached hydrogens (tertiary/aromatic N) is 2. The van der Waals surface area contributed by atoms with Gasteiger partial charge in [-0.2, -0.15) is 0 Å². The van der Waals surface area contributed by atoms with Crippen molar-refractivity contribution in [3.63, 3.8) is 0 Å². The van der Waals surface area contributed by atoms with E-state index < -0.39 is 17.8 Å². The molecule has 158 valence electrons. The molecule has 0 bridgehead atoms. The fraction of sp³-hybridized carbons (Fsp3) is 0.167. The second-order valence-corrected chi connectivity index (χ2v) is 8.35. The Labute approximate surface area is 190 Å². The third-order valence-corrected chi connectivity index (χ3v) is 6.10. The molecule has 1 N–H and O–H groups in total. The molecule has 2 amide bonds. The molecule has 31 heavy (non-hydrogen) atoms. The van der Waals surface area contributed by atoms with Gasteiger partial charge >= 0.3 is 6.03 Å². The van der Waals surface area contributed by atoms with E-state index in [4.69, 9.17) is 23.2 Å². The summed E-state index contributed by atoms with van der Waals surface area (Å²) in [7, 11) is 0. The maximum Gasteiger partial charge on any atom is 0.332 e. The summed E-state index contributed by atoms with van der Waals surface area (Å²) >= 11 is 12.1. The molecule has 0 radical (unpaired) electrons. The number of rotatable bonds is 4. The summed E-state index contributed by atoms with van der Waals surface area (Å²) in [6.07, 6.45) is 0. The van der Waals surface area contributed by atoms with Gasteiger partial charge in [0.2, 0.25) is 0 Å². The molecule has 0 aliphatic carbocycles. The van der Waals surface area contributed by atoms with Gasteiger partial charge in [-0.1, -0.05) is 41.4 Å². The molecule has 3 aromatic carbocycles. The van der Waals surface area contributed by atoms with Crippen LogP contribution in [0, 0.1) is 0 Å². The first kappa shape index (κ1) is 21.4. The first-order valence-electron chi connectivity index (χ1n) is 9.72. The zero-order chi connectivity index (χ0) is 22.3. The summed E-state index contributed by atoms with van der Waals surface area (Å²) in [5, 5.41) is 13.1. The van der Waals surface area contributed by atoms with Crippen molar-refractivity contribution < 1.29 is 14.7 Å². The van der Waals surface area contributed by atoms with Gasteiger partial charge < -0.3 is 5.11 Å². The Hall–Kier alpha value is -2.86. The Morgan fingerprint density at radius 1 is 0.935 bits per heavy atom. The molecule has 3 aromatic rings.